The van der Waals surface area contributed by atoms with Gasteiger partial charge in [-0.05, 0) is 43.5 Å². The molecular weight excluding hydrogens is 412 g/mol. The van der Waals surface area contributed by atoms with Crippen molar-refractivity contribution in [1.29, 1.82) is 0 Å². The number of ether oxygens (including phenoxy) is 3. The number of nitrogens with zero attached hydrogens (tertiary/aromatic N) is 4. The van der Waals surface area contributed by atoms with Crippen molar-refractivity contribution in [1.82, 2.24) is 9.66 Å². The first-order chi connectivity index (χ1) is 15.0. The quantitative estimate of drug-likeness (QED) is 0.455. The zero-order valence-electron chi connectivity index (χ0n) is 18.7. The van der Waals surface area contributed by atoms with Gasteiger partial charge in [0.05, 0.1) is 38.9 Å². The third-order valence-corrected chi connectivity index (χ3v) is 5.31. The number of pyridine rings is 1. The second-order valence-electron chi connectivity index (χ2n) is 7.39. The van der Waals surface area contributed by atoms with Gasteiger partial charge in [-0.2, -0.15) is 5.10 Å². The molecule has 7 nitrogen and oxygen atoms in total. The van der Waals surface area contributed by atoms with Crippen LogP contribution in [-0.4, -0.2) is 36.7 Å². The van der Waals surface area contributed by atoms with Crippen LogP contribution in [-0.2, 0) is 0 Å². The summed E-state index contributed by atoms with van der Waals surface area (Å²) in [6.07, 6.45) is 4.35. The van der Waals surface area contributed by atoms with Gasteiger partial charge in [-0.1, -0.05) is 13.8 Å². The molecule has 0 saturated carbocycles. The van der Waals surface area contributed by atoms with E-state index >= 15 is 0 Å². The lowest BCUT2D eigenvalue weighted by atomic mass is 10.1. The molecule has 1 aromatic carbocycles. The Morgan fingerprint density at radius 3 is 2.39 bits per heavy atom. The molecule has 3 aromatic rings. The molecule has 0 aliphatic heterocycles. The van der Waals surface area contributed by atoms with E-state index in [-0.39, 0.29) is 0 Å². The summed E-state index contributed by atoms with van der Waals surface area (Å²) in [4.78, 5) is 9.67. The number of rotatable bonds is 8. The molecule has 31 heavy (non-hydrogen) atoms. The number of thiazole rings is 1. The number of hydrogen-bond donors (Lipinski definition) is 0. The fraction of sp³-hybridized carbons (Fsp3) is 0.348. The number of hydrogen-bond acceptors (Lipinski definition) is 7. The summed E-state index contributed by atoms with van der Waals surface area (Å²) in [6.45, 7) is 6.40. The standard InChI is InChI=1S/C23H28N4O3S/c1-15(2)10-16(3)26-27-19(14-31-23(27)25-18-8-7-9-24-13-18)17-11-20(28-4)22(30-6)21(12-17)29-5/h7-9,11-15H,10H2,1-6H3. The lowest BCUT2D eigenvalue weighted by molar-refractivity contribution is 0.324. The highest BCUT2D eigenvalue weighted by Gasteiger charge is 2.17. The van der Waals surface area contributed by atoms with E-state index in [0.29, 0.717) is 23.2 Å². The largest absolute Gasteiger partial charge is 0.493 e. The molecule has 164 valence electrons. The molecule has 0 saturated heterocycles. The molecule has 0 aliphatic carbocycles. The van der Waals surface area contributed by atoms with E-state index in [9.17, 15) is 0 Å². The second kappa shape index (κ2) is 10.3. The van der Waals surface area contributed by atoms with Gasteiger partial charge in [0, 0.05) is 22.9 Å². The summed E-state index contributed by atoms with van der Waals surface area (Å²) in [5.41, 5.74) is 3.57. The van der Waals surface area contributed by atoms with Crippen LogP contribution < -0.4 is 19.0 Å². The predicted molar refractivity (Wildman–Crippen MR) is 125 cm³/mol. The maximum atomic E-state index is 5.54. The Morgan fingerprint density at radius 1 is 1.13 bits per heavy atom. The van der Waals surface area contributed by atoms with Crippen LogP contribution in [0, 0.1) is 5.92 Å². The molecule has 3 rings (SSSR count). The van der Waals surface area contributed by atoms with Crippen LogP contribution in [0.2, 0.25) is 0 Å². The van der Waals surface area contributed by atoms with Crippen molar-refractivity contribution in [2.45, 2.75) is 27.2 Å². The lowest BCUT2D eigenvalue weighted by Gasteiger charge is -2.14. The molecular formula is C23H28N4O3S. The van der Waals surface area contributed by atoms with Crippen LogP contribution in [0.25, 0.3) is 11.3 Å². The Kier molecular flexibility index (Phi) is 7.46. The average Bonchev–Trinajstić information content (AvgIpc) is 3.14. The number of methoxy groups -OCH3 is 3. The smallest absolute Gasteiger partial charge is 0.211 e. The minimum absolute atomic E-state index is 0.506. The van der Waals surface area contributed by atoms with Gasteiger partial charge in [-0.3, -0.25) is 4.98 Å². The summed E-state index contributed by atoms with van der Waals surface area (Å²) >= 11 is 1.51. The zero-order chi connectivity index (χ0) is 22.4. The van der Waals surface area contributed by atoms with Crippen molar-refractivity contribution in [2.75, 3.05) is 21.3 Å². The summed E-state index contributed by atoms with van der Waals surface area (Å²) < 4.78 is 18.4. The molecule has 0 aliphatic rings. The first-order valence-electron chi connectivity index (χ1n) is 9.97. The Balaban J connectivity index is 2.23. The third kappa shape index (κ3) is 5.32. The van der Waals surface area contributed by atoms with E-state index < -0.39 is 0 Å². The van der Waals surface area contributed by atoms with E-state index in [1.165, 1.54) is 11.3 Å². The molecule has 0 fully saturated rings. The molecule has 0 atom stereocenters. The average molecular weight is 441 g/mol. The Morgan fingerprint density at radius 2 is 1.84 bits per heavy atom. The minimum atomic E-state index is 0.506. The topological polar surface area (TPSA) is 70.2 Å². The van der Waals surface area contributed by atoms with Crippen molar-refractivity contribution in [3.05, 3.63) is 46.8 Å². The predicted octanol–water partition coefficient (Wildman–Crippen LogP) is 5.14. The summed E-state index contributed by atoms with van der Waals surface area (Å²) in [7, 11) is 4.81. The van der Waals surface area contributed by atoms with E-state index in [1.54, 1.807) is 33.7 Å². The first-order valence-corrected chi connectivity index (χ1v) is 10.8. The van der Waals surface area contributed by atoms with E-state index in [1.807, 2.05) is 41.2 Å². The zero-order valence-corrected chi connectivity index (χ0v) is 19.6. The van der Waals surface area contributed by atoms with E-state index in [2.05, 4.69) is 18.8 Å². The summed E-state index contributed by atoms with van der Waals surface area (Å²) in [6, 6.07) is 7.62. The first kappa shape index (κ1) is 22.6. The maximum absolute atomic E-state index is 5.54. The molecule has 0 unspecified atom stereocenters. The van der Waals surface area contributed by atoms with Gasteiger partial charge in [0.15, 0.2) is 11.5 Å². The Hall–Kier alpha value is -3.13. The molecule has 0 amide bonds. The van der Waals surface area contributed by atoms with Gasteiger partial charge in [0.2, 0.25) is 10.6 Å². The molecule has 2 heterocycles. The van der Waals surface area contributed by atoms with Crippen LogP contribution in [0.1, 0.15) is 27.2 Å². The highest BCUT2D eigenvalue weighted by Crippen LogP contribution is 2.41. The minimum Gasteiger partial charge on any atom is -0.493 e. The van der Waals surface area contributed by atoms with Crippen LogP contribution >= 0.6 is 11.3 Å². The molecule has 0 N–H and O–H groups in total. The molecule has 0 bridgehead atoms. The van der Waals surface area contributed by atoms with Gasteiger partial charge >= 0.3 is 0 Å². The maximum Gasteiger partial charge on any atom is 0.211 e. The van der Waals surface area contributed by atoms with Gasteiger partial charge in [0.25, 0.3) is 0 Å². The van der Waals surface area contributed by atoms with Crippen molar-refractivity contribution in [3.63, 3.8) is 0 Å². The highest BCUT2D eigenvalue weighted by molar-refractivity contribution is 7.07. The SMILES string of the molecule is COc1cc(-c2csc(=Nc3cccnc3)n2N=C(C)CC(C)C)cc(OC)c1OC. The monoisotopic (exact) mass is 440 g/mol. The summed E-state index contributed by atoms with van der Waals surface area (Å²) in [5.74, 6) is 2.23. The lowest BCUT2D eigenvalue weighted by Crippen LogP contribution is -2.14. The van der Waals surface area contributed by atoms with Crippen molar-refractivity contribution in [2.24, 2.45) is 16.0 Å². The van der Waals surface area contributed by atoms with Gasteiger partial charge in [-0.15, -0.1) is 11.3 Å². The van der Waals surface area contributed by atoms with Crippen molar-refractivity contribution in [3.8, 4) is 28.5 Å². The van der Waals surface area contributed by atoms with Crippen molar-refractivity contribution < 1.29 is 14.2 Å². The molecule has 8 heteroatoms. The Bertz CT molecular complexity index is 1090. The highest BCUT2D eigenvalue weighted by atomic mass is 32.1. The normalized spacial score (nSPS) is 12.4. The number of aromatic nitrogens is 2. The van der Waals surface area contributed by atoms with Gasteiger partial charge in [-0.25, -0.2) is 9.67 Å². The molecule has 0 radical (unpaired) electrons. The summed E-state index contributed by atoms with van der Waals surface area (Å²) in [5, 5.41) is 6.93. The van der Waals surface area contributed by atoms with Gasteiger partial charge in [0.1, 0.15) is 0 Å². The van der Waals surface area contributed by atoms with Crippen molar-refractivity contribution >= 4 is 22.7 Å². The third-order valence-electron chi connectivity index (χ3n) is 4.49. The van der Waals surface area contributed by atoms with Crippen LogP contribution in [0.3, 0.4) is 0 Å². The van der Waals surface area contributed by atoms with Crippen LogP contribution in [0.5, 0.6) is 17.2 Å². The van der Waals surface area contributed by atoms with E-state index in [4.69, 9.17) is 24.3 Å². The Labute approximate surface area is 186 Å². The van der Waals surface area contributed by atoms with Crippen LogP contribution in [0.4, 0.5) is 5.69 Å². The fourth-order valence-electron chi connectivity index (χ4n) is 3.23. The van der Waals surface area contributed by atoms with Gasteiger partial charge < -0.3 is 14.2 Å². The molecule has 2 aromatic heterocycles. The van der Waals surface area contributed by atoms with E-state index in [0.717, 1.165) is 33.9 Å². The fourth-order valence-corrected chi connectivity index (χ4v) is 4.08. The number of benzene rings is 1. The second-order valence-corrected chi connectivity index (χ2v) is 8.22. The van der Waals surface area contributed by atoms with Crippen LogP contribution in [0.15, 0.2) is 52.1 Å². The molecule has 0 spiro atoms.